The molecule has 92 valence electrons. The highest BCUT2D eigenvalue weighted by atomic mass is 16.1. The van der Waals surface area contributed by atoms with Crippen molar-refractivity contribution in [2.75, 3.05) is 0 Å². The summed E-state index contributed by atoms with van der Waals surface area (Å²) in [5.74, 6) is 0.813. The quantitative estimate of drug-likeness (QED) is 0.799. The third-order valence-electron chi connectivity index (χ3n) is 3.41. The molecule has 2 heteroatoms. The molecule has 0 bridgehead atoms. The van der Waals surface area contributed by atoms with Crippen molar-refractivity contribution in [3.63, 3.8) is 0 Å². The van der Waals surface area contributed by atoms with Gasteiger partial charge >= 0.3 is 0 Å². The van der Waals surface area contributed by atoms with Crippen LogP contribution in [0.25, 0.3) is 0 Å². The molecule has 1 N–H and O–H groups in total. The van der Waals surface area contributed by atoms with E-state index in [1.807, 2.05) is 30.3 Å². The summed E-state index contributed by atoms with van der Waals surface area (Å²) in [5, 5.41) is 3.19. The predicted octanol–water partition coefficient (Wildman–Crippen LogP) is 3.39. The van der Waals surface area contributed by atoms with Crippen molar-refractivity contribution in [1.82, 2.24) is 5.32 Å². The van der Waals surface area contributed by atoms with Crippen molar-refractivity contribution in [2.24, 2.45) is 5.92 Å². The van der Waals surface area contributed by atoms with E-state index in [9.17, 15) is 4.79 Å². The van der Waals surface area contributed by atoms with E-state index in [-0.39, 0.29) is 5.91 Å². The van der Waals surface area contributed by atoms with Gasteiger partial charge in [-0.25, -0.2) is 0 Å². The van der Waals surface area contributed by atoms with Gasteiger partial charge < -0.3 is 5.32 Å². The average Bonchev–Trinajstić information content (AvgIpc) is 3.19. The van der Waals surface area contributed by atoms with Gasteiger partial charge in [0, 0.05) is 11.6 Å². The molecule has 0 aliphatic heterocycles. The van der Waals surface area contributed by atoms with Crippen molar-refractivity contribution in [2.45, 2.75) is 45.1 Å². The van der Waals surface area contributed by atoms with Crippen molar-refractivity contribution in [3.05, 3.63) is 35.9 Å². The van der Waals surface area contributed by atoms with Crippen LogP contribution in [-0.4, -0.2) is 11.9 Å². The maximum Gasteiger partial charge on any atom is 0.251 e. The number of rotatable bonds is 6. The molecule has 2 rings (SSSR count). The Labute approximate surface area is 103 Å². The number of hydrogen-bond donors (Lipinski definition) is 1. The Bertz CT molecular complexity index is 356. The molecule has 1 aromatic carbocycles. The maximum atomic E-state index is 12.0. The fourth-order valence-electron chi connectivity index (χ4n) is 2.19. The number of benzene rings is 1. The van der Waals surface area contributed by atoms with Crippen molar-refractivity contribution >= 4 is 5.91 Å². The van der Waals surface area contributed by atoms with Crippen molar-refractivity contribution < 1.29 is 4.79 Å². The molecule has 1 aliphatic carbocycles. The van der Waals surface area contributed by atoms with Crippen LogP contribution in [-0.2, 0) is 0 Å². The zero-order chi connectivity index (χ0) is 12.1. The van der Waals surface area contributed by atoms with Gasteiger partial charge in [0.2, 0.25) is 0 Å². The average molecular weight is 231 g/mol. The summed E-state index contributed by atoms with van der Waals surface area (Å²) >= 11 is 0. The minimum atomic E-state index is 0.0820. The number of nitrogens with one attached hydrogen (secondary N) is 1. The second-order valence-electron chi connectivity index (χ2n) is 4.93. The Balaban J connectivity index is 1.91. The first-order valence-corrected chi connectivity index (χ1v) is 6.67. The Morgan fingerprint density at radius 2 is 2.06 bits per heavy atom. The molecule has 1 aliphatic rings. The molecule has 0 saturated heterocycles. The lowest BCUT2D eigenvalue weighted by Gasteiger charge is -2.18. The standard InChI is InChI=1S/C15H21NO/c1-2-3-9-14(12-10-11-12)16-15(17)13-7-5-4-6-8-13/h4-8,12,14H,2-3,9-11H2,1H3,(H,16,17)/t14-/m0/s1. The van der Waals surface area contributed by atoms with Gasteiger partial charge in [0.25, 0.3) is 5.91 Å². The predicted molar refractivity (Wildman–Crippen MR) is 69.9 cm³/mol. The van der Waals surface area contributed by atoms with E-state index >= 15 is 0 Å². The molecule has 1 atom stereocenters. The van der Waals surface area contributed by atoms with Crippen LogP contribution in [0.15, 0.2) is 30.3 Å². The van der Waals surface area contributed by atoms with Gasteiger partial charge in [0.1, 0.15) is 0 Å². The van der Waals surface area contributed by atoms with Gasteiger partial charge in [-0.05, 0) is 37.3 Å². The molecule has 0 spiro atoms. The molecule has 1 saturated carbocycles. The molecule has 17 heavy (non-hydrogen) atoms. The van der Waals surface area contributed by atoms with Crippen LogP contribution in [0.5, 0.6) is 0 Å². The van der Waals surface area contributed by atoms with Crippen LogP contribution in [0.3, 0.4) is 0 Å². The molecule has 0 radical (unpaired) electrons. The number of hydrogen-bond acceptors (Lipinski definition) is 1. The molecule has 1 amide bonds. The molecule has 2 nitrogen and oxygen atoms in total. The second kappa shape index (κ2) is 5.85. The number of carbonyl (C=O) groups excluding carboxylic acids is 1. The number of amides is 1. The van der Waals surface area contributed by atoms with Crippen molar-refractivity contribution in [1.29, 1.82) is 0 Å². The zero-order valence-corrected chi connectivity index (χ0v) is 10.5. The van der Waals surface area contributed by atoms with Gasteiger partial charge in [-0.1, -0.05) is 38.0 Å². The first kappa shape index (κ1) is 12.2. The molecular weight excluding hydrogens is 210 g/mol. The van der Waals surface area contributed by atoms with Gasteiger partial charge in [-0.15, -0.1) is 0 Å². The summed E-state index contributed by atoms with van der Waals surface area (Å²) in [6.07, 6.45) is 6.09. The van der Waals surface area contributed by atoms with Gasteiger partial charge in [0.05, 0.1) is 0 Å². The lowest BCUT2D eigenvalue weighted by Crippen LogP contribution is -2.36. The summed E-state index contributed by atoms with van der Waals surface area (Å²) in [6.45, 7) is 2.20. The Morgan fingerprint density at radius 3 is 2.65 bits per heavy atom. The summed E-state index contributed by atoms with van der Waals surface area (Å²) < 4.78 is 0. The first-order chi connectivity index (χ1) is 8.31. The number of unbranched alkanes of at least 4 members (excludes halogenated alkanes) is 1. The molecule has 0 aromatic heterocycles. The van der Waals surface area contributed by atoms with Crippen LogP contribution in [0, 0.1) is 5.92 Å². The molecule has 1 aromatic rings. The van der Waals surface area contributed by atoms with E-state index in [0.29, 0.717) is 6.04 Å². The highest BCUT2D eigenvalue weighted by molar-refractivity contribution is 5.94. The van der Waals surface area contributed by atoms with Crippen LogP contribution in [0.2, 0.25) is 0 Å². The highest BCUT2D eigenvalue weighted by Crippen LogP contribution is 2.34. The normalized spacial score (nSPS) is 16.5. The van der Waals surface area contributed by atoms with E-state index in [4.69, 9.17) is 0 Å². The Morgan fingerprint density at radius 1 is 1.35 bits per heavy atom. The summed E-state index contributed by atoms with van der Waals surface area (Å²) in [6, 6.07) is 9.90. The molecule has 0 heterocycles. The third kappa shape index (κ3) is 3.58. The summed E-state index contributed by atoms with van der Waals surface area (Å²) in [4.78, 5) is 12.0. The maximum absolute atomic E-state index is 12.0. The van der Waals surface area contributed by atoms with E-state index in [2.05, 4.69) is 12.2 Å². The summed E-state index contributed by atoms with van der Waals surface area (Å²) in [5.41, 5.74) is 0.773. The van der Waals surface area contributed by atoms with Crippen LogP contribution >= 0.6 is 0 Å². The molecule has 0 unspecified atom stereocenters. The van der Waals surface area contributed by atoms with E-state index < -0.39 is 0 Å². The van der Waals surface area contributed by atoms with Gasteiger partial charge in [-0.3, -0.25) is 4.79 Å². The first-order valence-electron chi connectivity index (χ1n) is 6.67. The van der Waals surface area contributed by atoms with Gasteiger partial charge in [0.15, 0.2) is 0 Å². The molecule has 1 fully saturated rings. The van der Waals surface area contributed by atoms with Crippen LogP contribution < -0.4 is 5.32 Å². The van der Waals surface area contributed by atoms with Crippen molar-refractivity contribution in [3.8, 4) is 0 Å². The van der Waals surface area contributed by atoms with Crippen LogP contribution in [0.4, 0.5) is 0 Å². The minimum absolute atomic E-state index is 0.0820. The lowest BCUT2D eigenvalue weighted by molar-refractivity contribution is 0.0929. The topological polar surface area (TPSA) is 29.1 Å². The zero-order valence-electron chi connectivity index (χ0n) is 10.5. The fourth-order valence-corrected chi connectivity index (χ4v) is 2.19. The highest BCUT2D eigenvalue weighted by Gasteiger charge is 2.31. The smallest absolute Gasteiger partial charge is 0.251 e. The van der Waals surface area contributed by atoms with Crippen LogP contribution in [0.1, 0.15) is 49.4 Å². The Kier molecular flexibility index (Phi) is 4.18. The molecular formula is C15H21NO. The summed E-state index contributed by atoms with van der Waals surface area (Å²) in [7, 11) is 0. The SMILES string of the molecule is CCCC[C@H](NC(=O)c1ccccc1)C1CC1. The minimum Gasteiger partial charge on any atom is -0.349 e. The van der Waals surface area contributed by atoms with E-state index in [0.717, 1.165) is 17.9 Å². The third-order valence-corrected chi connectivity index (χ3v) is 3.41. The van der Waals surface area contributed by atoms with Gasteiger partial charge in [-0.2, -0.15) is 0 Å². The number of carbonyl (C=O) groups is 1. The monoisotopic (exact) mass is 231 g/mol. The van der Waals surface area contributed by atoms with E-state index in [1.54, 1.807) is 0 Å². The second-order valence-corrected chi connectivity index (χ2v) is 4.93. The Hall–Kier alpha value is -1.31. The fraction of sp³-hybridized carbons (Fsp3) is 0.533. The lowest BCUT2D eigenvalue weighted by atomic mass is 10.0. The van der Waals surface area contributed by atoms with E-state index in [1.165, 1.54) is 25.7 Å². The largest absolute Gasteiger partial charge is 0.349 e.